The summed E-state index contributed by atoms with van der Waals surface area (Å²) in [5, 5.41) is 15.3. The second-order valence-electron chi connectivity index (χ2n) is 5.25. The Labute approximate surface area is 130 Å². The number of benzene rings is 1. The van der Waals surface area contributed by atoms with Gasteiger partial charge in [0.15, 0.2) is 0 Å². The van der Waals surface area contributed by atoms with Gasteiger partial charge < -0.3 is 20.5 Å². The van der Waals surface area contributed by atoms with Crippen LogP contribution in [0.1, 0.15) is 20.3 Å². The molecule has 21 heavy (non-hydrogen) atoms. The van der Waals surface area contributed by atoms with Gasteiger partial charge in [-0.1, -0.05) is 13.8 Å². The number of aliphatic hydroxyl groups is 1. The minimum absolute atomic E-state index is 0.0402. The quantitative estimate of drug-likeness (QED) is 0.645. The monoisotopic (exact) mass is 314 g/mol. The van der Waals surface area contributed by atoms with Gasteiger partial charge in [-0.25, -0.2) is 0 Å². The number of nitrogens with one attached hydrogen (secondary N) is 2. The molecule has 0 saturated carbocycles. The lowest BCUT2D eigenvalue weighted by atomic mass is 10.1. The molecule has 0 aliphatic rings. The summed E-state index contributed by atoms with van der Waals surface area (Å²) in [4.78, 5) is 11.8. The number of rotatable bonds is 8. The highest BCUT2D eigenvalue weighted by Gasteiger charge is 2.10. The van der Waals surface area contributed by atoms with Gasteiger partial charge in [0.05, 0.1) is 24.8 Å². The predicted molar refractivity (Wildman–Crippen MR) is 86.3 cm³/mol. The van der Waals surface area contributed by atoms with E-state index < -0.39 is 6.10 Å². The Morgan fingerprint density at radius 3 is 2.71 bits per heavy atom. The van der Waals surface area contributed by atoms with Crippen LogP contribution in [0.5, 0.6) is 5.75 Å². The number of anilines is 2. The van der Waals surface area contributed by atoms with Crippen molar-refractivity contribution in [1.82, 2.24) is 0 Å². The third-order valence-electron chi connectivity index (χ3n) is 2.79. The maximum atomic E-state index is 11.8. The molecular weight excluding hydrogens is 292 g/mol. The highest BCUT2D eigenvalue weighted by Crippen LogP contribution is 2.28. The van der Waals surface area contributed by atoms with Crippen LogP contribution in [0.4, 0.5) is 11.4 Å². The van der Waals surface area contributed by atoms with Crippen LogP contribution in [0.15, 0.2) is 18.2 Å². The fourth-order valence-electron chi connectivity index (χ4n) is 1.77. The van der Waals surface area contributed by atoms with Crippen LogP contribution in [-0.2, 0) is 4.79 Å². The fourth-order valence-corrected chi connectivity index (χ4v) is 1.88. The SMILES string of the molecule is COc1cc(NCC(O)CCl)ccc1NC(=O)CC(C)C. The number of carbonyl (C=O) groups is 1. The summed E-state index contributed by atoms with van der Waals surface area (Å²) in [6, 6.07) is 5.35. The van der Waals surface area contributed by atoms with Gasteiger partial charge in [0.25, 0.3) is 0 Å². The van der Waals surface area contributed by atoms with Crippen molar-refractivity contribution >= 4 is 28.9 Å². The van der Waals surface area contributed by atoms with Crippen LogP contribution in [0.2, 0.25) is 0 Å². The van der Waals surface area contributed by atoms with Gasteiger partial charge in [-0.2, -0.15) is 0 Å². The van der Waals surface area contributed by atoms with Crippen molar-refractivity contribution in [3.05, 3.63) is 18.2 Å². The second kappa shape index (κ2) is 8.74. The molecule has 0 radical (unpaired) electrons. The van der Waals surface area contributed by atoms with E-state index in [-0.39, 0.29) is 11.8 Å². The lowest BCUT2D eigenvalue weighted by molar-refractivity contribution is -0.116. The van der Waals surface area contributed by atoms with Crippen LogP contribution < -0.4 is 15.4 Å². The molecular formula is C15H23ClN2O3. The Bertz CT molecular complexity index is 466. The van der Waals surface area contributed by atoms with Gasteiger partial charge in [-0.15, -0.1) is 11.6 Å². The number of halogens is 1. The molecule has 0 aliphatic carbocycles. The van der Waals surface area contributed by atoms with E-state index in [1.54, 1.807) is 19.2 Å². The van der Waals surface area contributed by atoms with Gasteiger partial charge in [0.2, 0.25) is 5.91 Å². The molecule has 0 aromatic heterocycles. The smallest absolute Gasteiger partial charge is 0.224 e. The Hall–Kier alpha value is -1.46. The summed E-state index contributed by atoms with van der Waals surface area (Å²) in [5.41, 5.74) is 1.42. The Morgan fingerprint density at radius 2 is 2.14 bits per heavy atom. The molecule has 0 saturated heterocycles. The minimum Gasteiger partial charge on any atom is -0.494 e. The highest BCUT2D eigenvalue weighted by atomic mass is 35.5. The fraction of sp³-hybridized carbons (Fsp3) is 0.533. The molecule has 118 valence electrons. The molecule has 1 amide bonds. The van der Waals surface area contributed by atoms with Crippen molar-refractivity contribution in [2.24, 2.45) is 5.92 Å². The molecule has 0 spiro atoms. The van der Waals surface area contributed by atoms with Crippen LogP contribution >= 0.6 is 11.6 Å². The van der Waals surface area contributed by atoms with E-state index in [0.717, 1.165) is 5.69 Å². The molecule has 1 atom stereocenters. The summed E-state index contributed by atoms with van der Waals surface area (Å²) in [6.07, 6.45) is -0.145. The average Bonchev–Trinajstić information content (AvgIpc) is 2.44. The maximum Gasteiger partial charge on any atom is 0.224 e. The molecule has 5 nitrogen and oxygen atoms in total. The number of amides is 1. The van der Waals surface area contributed by atoms with Gasteiger partial charge >= 0.3 is 0 Å². The normalized spacial score (nSPS) is 12.1. The third-order valence-corrected chi connectivity index (χ3v) is 3.15. The molecule has 0 aliphatic heterocycles. The first-order chi connectivity index (χ1) is 9.96. The largest absolute Gasteiger partial charge is 0.494 e. The standard InChI is InChI=1S/C15H23ClN2O3/c1-10(2)6-15(20)18-13-5-4-11(7-14(13)21-3)17-9-12(19)8-16/h4-5,7,10,12,17,19H,6,8-9H2,1-3H3,(H,18,20). The zero-order chi connectivity index (χ0) is 15.8. The number of ether oxygens (including phenoxy) is 1. The number of methoxy groups -OCH3 is 1. The summed E-state index contributed by atoms with van der Waals surface area (Å²) < 4.78 is 5.28. The predicted octanol–water partition coefficient (Wildman–Crippen LogP) is 2.69. The lowest BCUT2D eigenvalue weighted by Crippen LogP contribution is -2.20. The van der Waals surface area contributed by atoms with E-state index in [4.69, 9.17) is 16.3 Å². The van der Waals surface area contributed by atoms with Crippen LogP contribution in [-0.4, -0.2) is 36.7 Å². The van der Waals surface area contributed by atoms with Crippen molar-refractivity contribution < 1.29 is 14.6 Å². The first-order valence-corrected chi connectivity index (χ1v) is 7.45. The van der Waals surface area contributed by atoms with Gasteiger partial charge in [-0.05, 0) is 18.1 Å². The Morgan fingerprint density at radius 1 is 1.43 bits per heavy atom. The summed E-state index contributed by atoms with van der Waals surface area (Å²) in [6.45, 7) is 4.34. The second-order valence-corrected chi connectivity index (χ2v) is 5.56. The van der Waals surface area contributed by atoms with E-state index in [2.05, 4.69) is 10.6 Å². The molecule has 1 unspecified atom stereocenters. The van der Waals surface area contributed by atoms with Crippen LogP contribution in [0.3, 0.4) is 0 Å². The van der Waals surface area contributed by atoms with Crippen LogP contribution in [0, 0.1) is 5.92 Å². The number of hydrogen-bond donors (Lipinski definition) is 3. The third kappa shape index (κ3) is 6.23. The van der Waals surface area contributed by atoms with Crippen LogP contribution in [0.25, 0.3) is 0 Å². The van der Waals surface area contributed by atoms with E-state index in [9.17, 15) is 9.90 Å². The summed E-state index contributed by atoms with van der Waals surface area (Å²) in [7, 11) is 1.55. The lowest BCUT2D eigenvalue weighted by Gasteiger charge is -2.14. The molecule has 0 heterocycles. The topological polar surface area (TPSA) is 70.6 Å². The number of carbonyl (C=O) groups excluding carboxylic acids is 1. The summed E-state index contributed by atoms with van der Waals surface area (Å²) >= 11 is 5.54. The Kier molecular flexibility index (Phi) is 7.32. The molecule has 0 fully saturated rings. The van der Waals surface area contributed by atoms with Crippen molar-refractivity contribution in [3.63, 3.8) is 0 Å². The number of hydrogen-bond acceptors (Lipinski definition) is 4. The number of alkyl halides is 1. The maximum absolute atomic E-state index is 11.8. The molecule has 0 bridgehead atoms. The van der Waals surface area contributed by atoms with Crippen molar-refractivity contribution in [1.29, 1.82) is 0 Å². The minimum atomic E-state index is -0.608. The van der Waals surface area contributed by atoms with Crippen molar-refractivity contribution in [3.8, 4) is 5.75 Å². The number of aliphatic hydroxyl groups excluding tert-OH is 1. The molecule has 3 N–H and O–H groups in total. The van der Waals surface area contributed by atoms with E-state index in [1.807, 2.05) is 19.9 Å². The van der Waals surface area contributed by atoms with Crippen molar-refractivity contribution in [2.45, 2.75) is 26.4 Å². The van der Waals surface area contributed by atoms with Gasteiger partial charge in [0.1, 0.15) is 5.75 Å². The van der Waals surface area contributed by atoms with Gasteiger partial charge in [0, 0.05) is 24.7 Å². The first kappa shape index (κ1) is 17.6. The van der Waals surface area contributed by atoms with Crippen molar-refractivity contribution in [2.75, 3.05) is 30.2 Å². The molecule has 6 heteroatoms. The van der Waals surface area contributed by atoms with E-state index in [1.165, 1.54) is 0 Å². The van der Waals surface area contributed by atoms with Gasteiger partial charge in [-0.3, -0.25) is 4.79 Å². The zero-order valence-electron chi connectivity index (χ0n) is 12.6. The van der Waals surface area contributed by atoms with E-state index >= 15 is 0 Å². The molecule has 1 rings (SSSR count). The van der Waals surface area contributed by atoms with E-state index in [0.29, 0.717) is 30.3 Å². The zero-order valence-corrected chi connectivity index (χ0v) is 13.4. The first-order valence-electron chi connectivity index (χ1n) is 6.92. The summed E-state index contributed by atoms with van der Waals surface area (Å²) in [5.74, 6) is 1.00. The molecule has 1 aromatic rings. The average molecular weight is 315 g/mol. The Balaban J connectivity index is 2.72. The highest BCUT2D eigenvalue weighted by molar-refractivity contribution is 6.18. The molecule has 1 aromatic carbocycles.